The summed E-state index contributed by atoms with van der Waals surface area (Å²) in [7, 11) is -1.21. The van der Waals surface area contributed by atoms with Gasteiger partial charge >= 0.3 is 13.1 Å². The number of benzene rings is 1. The highest BCUT2D eigenvalue weighted by molar-refractivity contribution is 9.10. The van der Waals surface area contributed by atoms with Gasteiger partial charge in [0.2, 0.25) is 11.8 Å². The molecule has 0 saturated carbocycles. The minimum Gasteiger partial charge on any atom is -0.508 e. The van der Waals surface area contributed by atoms with Crippen LogP contribution in [0.5, 0.6) is 5.75 Å². The molecule has 176 valence electrons. The number of carboxylic acid groups (broad SMARTS) is 1. The molecule has 0 bridgehead atoms. The van der Waals surface area contributed by atoms with Crippen molar-refractivity contribution < 1.29 is 34.3 Å². The quantitative estimate of drug-likeness (QED) is 0.287. The monoisotopic (exact) mass is 519 g/mol. The van der Waals surface area contributed by atoms with E-state index < -0.39 is 31.0 Å². The fourth-order valence-electron chi connectivity index (χ4n) is 5.55. The van der Waals surface area contributed by atoms with Crippen LogP contribution >= 0.6 is 15.9 Å². The number of phenolic OH excluding ortho intramolecular Hbond substituents is 1. The fourth-order valence-corrected chi connectivity index (χ4v) is 5.93. The number of likely N-dealkylation sites (tertiary alicyclic amines) is 1. The Hall–Kier alpha value is -2.17. The Kier molecular flexibility index (Phi) is 6.97. The van der Waals surface area contributed by atoms with Crippen LogP contribution in [0.25, 0.3) is 0 Å². The Morgan fingerprint density at radius 1 is 1.21 bits per heavy atom. The van der Waals surface area contributed by atoms with Gasteiger partial charge in [-0.3, -0.25) is 19.3 Å². The molecule has 2 fully saturated rings. The number of unbranched alkanes of at least 4 members (excludes halogenated alkanes) is 2. The van der Waals surface area contributed by atoms with Crippen LogP contribution in [-0.2, 0) is 19.0 Å². The van der Waals surface area contributed by atoms with Crippen molar-refractivity contribution in [1.82, 2.24) is 4.90 Å². The average Bonchev–Trinajstić information content (AvgIpc) is 2.99. The topological polar surface area (TPSA) is 124 Å². The van der Waals surface area contributed by atoms with Crippen LogP contribution in [0, 0.1) is 17.8 Å². The maximum atomic E-state index is 13.4. The van der Waals surface area contributed by atoms with Crippen molar-refractivity contribution in [2.45, 2.75) is 51.6 Å². The molecule has 0 unspecified atom stereocenters. The zero-order valence-corrected chi connectivity index (χ0v) is 20.0. The van der Waals surface area contributed by atoms with Gasteiger partial charge in [0.15, 0.2) is 0 Å². The third-order valence-corrected chi connectivity index (χ3v) is 7.55. The molecule has 33 heavy (non-hydrogen) atoms. The lowest BCUT2D eigenvalue weighted by Gasteiger charge is -2.41. The number of nitrogens with zero attached hydrogens (tertiary/aromatic N) is 1. The second-order valence-corrected chi connectivity index (χ2v) is 10.0. The lowest BCUT2D eigenvalue weighted by atomic mass is 9.55. The summed E-state index contributed by atoms with van der Waals surface area (Å²) in [5.41, 5.74) is 2.07. The molecule has 4 rings (SSSR count). The van der Waals surface area contributed by atoms with Gasteiger partial charge < -0.3 is 19.9 Å². The number of rotatable bonds is 7. The number of aliphatic carboxylic acids is 1. The second kappa shape index (κ2) is 9.60. The Balaban J connectivity index is 1.54. The lowest BCUT2D eigenvalue weighted by molar-refractivity contribution is -0.141. The van der Waals surface area contributed by atoms with Gasteiger partial charge in [-0.2, -0.15) is 0 Å². The normalized spacial score (nSPS) is 27.1. The number of halogens is 1. The minimum atomic E-state index is -1.21. The van der Waals surface area contributed by atoms with Crippen molar-refractivity contribution in [3.63, 3.8) is 0 Å². The maximum Gasteiger partial charge on any atom is 0.487 e. The van der Waals surface area contributed by atoms with Crippen molar-refractivity contribution >= 4 is 40.8 Å². The van der Waals surface area contributed by atoms with E-state index in [0.717, 1.165) is 10.0 Å². The van der Waals surface area contributed by atoms with E-state index in [-0.39, 0.29) is 36.4 Å². The Morgan fingerprint density at radius 2 is 1.97 bits per heavy atom. The Labute approximate surface area is 200 Å². The molecule has 8 nitrogen and oxygen atoms in total. The zero-order chi connectivity index (χ0) is 23.9. The molecular formula is C23H27BBrNO7. The van der Waals surface area contributed by atoms with E-state index in [4.69, 9.17) is 9.76 Å². The van der Waals surface area contributed by atoms with Gasteiger partial charge in [-0.25, -0.2) is 0 Å². The number of phenols is 1. The number of aromatic hydroxyl groups is 1. The Morgan fingerprint density at radius 3 is 2.70 bits per heavy atom. The number of allylic oxidation sites excluding steroid dienone is 2. The number of imide groups is 1. The summed E-state index contributed by atoms with van der Waals surface area (Å²) in [6, 6.07) is 4.99. The first-order valence-corrected chi connectivity index (χ1v) is 12.1. The fraction of sp³-hybridized carbons (Fsp3) is 0.522. The van der Waals surface area contributed by atoms with Crippen LogP contribution in [0.1, 0.15) is 57.1 Å². The van der Waals surface area contributed by atoms with E-state index in [2.05, 4.69) is 15.9 Å². The first kappa shape index (κ1) is 24.0. The average molecular weight is 520 g/mol. The van der Waals surface area contributed by atoms with Crippen molar-refractivity contribution in [3.8, 4) is 5.75 Å². The lowest BCUT2D eigenvalue weighted by Crippen LogP contribution is -2.44. The van der Waals surface area contributed by atoms with Crippen LogP contribution in [0.4, 0.5) is 0 Å². The smallest absolute Gasteiger partial charge is 0.487 e. The zero-order valence-electron chi connectivity index (χ0n) is 18.4. The summed E-state index contributed by atoms with van der Waals surface area (Å²) in [6.07, 6.45) is 1.93. The molecule has 0 spiro atoms. The first-order chi connectivity index (χ1) is 15.7. The summed E-state index contributed by atoms with van der Waals surface area (Å²) in [6.45, 7) is 2.15. The molecule has 2 heterocycles. The standard InChI is InChI=1S/C23H27BBrNO7/c1-12-9-16-20(23(31)26(22(16)30)8-4-2-3-5-19(28)29)15-11-18(33-24(32)21(12)15)14-10-13(25)6-7-17(14)27/h6-7,10,15-16,18,20,27,32H,2-5,8-9,11H2,1H3,(H,28,29)/t15-,16-,18-,20+/m0/s1. The van der Waals surface area contributed by atoms with E-state index in [1.807, 2.05) is 6.92 Å². The molecule has 4 atom stereocenters. The van der Waals surface area contributed by atoms with Gasteiger partial charge in [0.05, 0.1) is 17.9 Å². The van der Waals surface area contributed by atoms with Gasteiger partial charge in [0, 0.05) is 23.0 Å². The molecule has 1 aliphatic carbocycles. The van der Waals surface area contributed by atoms with E-state index >= 15 is 0 Å². The number of carbonyl (C=O) groups is 3. The highest BCUT2D eigenvalue weighted by Crippen LogP contribution is 2.52. The predicted molar refractivity (Wildman–Crippen MR) is 123 cm³/mol. The molecule has 3 N–H and O–H groups in total. The number of amides is 2. The van der Waals surface area contributed by atoms with Crippen molar-refractivity contribution in [3.05, 3.63) is 39.3 Å². The highest BCUT2D eigenvalue weighted by atomic mass is 79.9. The van der Waals surface area contributed by atoms with E-state index in [9.17, 15) is 24.5 Å². The minimum absolute atomic E-state index is 0.0451. The van der Waals surface area contributed by atoms with Crippen molar-refractivity contribution in [1.29, 1.82) is 0 Å². The molecule has 10 heteroatoms. The van der Waals surface area contributed by atoms with Gasteiger partial charge in [-0.15, -0.1) is 0 Å². The summed E-state index contributed by atoms with van der Waals surface area (Å²) in [4.78, 5) is 38.5. The van der Waals surface area contributed by atoms with Crippen molar-refractivity contribution in [2.24, 2.45) is 17.8 Å². The third kappa shape index (κ3) is 4.61. The largest absolute Gasteiger partial charge is 0.508 e. The van der Waals surface area contributed by atoms with Crippen LogP contribution in [-0.4, -0.2) is 51.6 Å². The van der Waals surface area contributed by atoms with Crippen LogP contribution < -0.4 is 0 Å². The maximum absolute atomic E-state index is 13.4. The van der Waals surface area contributed by atoms with E-state index in [1.54, 1.807) is 18.2 Å². The molecule has 0 radical (unpaired) electrons. The SMILES string of the molecule is CC1=C2B(O)O[C@H](c3cc(Br)ccc3O)C[C@H]2[C@H]2C(=O)N(CCCCCC(=O)O)C(=O)[C@H]2C1. The molecule has 2 aliphatic heterocycles. The third-order valence-electron chi connectivity index (χ3n) is 7.06. The van der Waals surface area contributed by atoms with E-state index in [0.29, 0.717) is 43.1 Å². The summed E-state index contributed by atoms with van der Waals surface area (Å²) in [5, 5.41) is 29.9. The molecule has 2 saturated heterocycles. The first-order valence-electron chi connectivity index (χ1n) is 11.3. The van der Waals surface area contributed by atoms with Gasteiger partial charge in [0.1, 0.15) is 5.75 Å². The summed E-state index contributed by atoms with van der Waals surface area (Å²) >= 11 is 3.39. The second-order valence-electron chi connectivity index (χ2n) is 9.13. The Bertz CT molecular complexity index is 1010. The summed E-state index contributed by atoms with van der Waals surface area (Å²) in [5.74, 6) is -2.62. The van der Waals surface area contributed by atoms with Crippen LogP contribution in [0.3, 0.4) is 0 Å². The van der Waals surface area contributed by atoms with Gasteiger partial charge in [-0.05, 0) is 62.2 Å². The van der Waals surface area contributed by atoms with Gasteiger partial charge in [0.25, 0.3) is 0 Å². The number of hydrogen-bond acceptors (Lipinski definition) is 6. The van der Waals surface area contributed by atoms with Crippen LogP contribution in [0.2, 0.25) is 0 Å². The molecule has 3 aliphatic rings. The number of carbonyl (C=O) groups excluding carboxylic acids is 2. The molecule has 1 aromatic rings. The molecule has 2 amide bonds. The van der Waals surface area contributed by atoms with E-state index in [1.165, 1.54) is 4.90 Å². The van der Waals surface area contributed by atoms with Crippen molar-refractivity contribution in [2.75, 3.05) is 6.54 Å². The summed E-state index contributed by atoms with van der Waals surface area (Å²) < 4.78 is 6.61. The number of hydrogen-bond donors (Lipinski definition) is 3. The molecular weight excluding hydrogens is 493 g/mol. The number of carboxylic acids is 1. The molecule has 0 aromatic heterocycles. The molecule has 1 aromatic carbocycles. The van der Waals surface area contributed by atoms with Gasteiger partial charge in [-0.1, -0.05) is 27.9 Å². The highest BCUT2D eigenvalue weighted by Gasteiger charge is 2.57. The predicted octanol–water partition coefficient (Wildman–Crippen LogP) is 3.22. The number of fused-ring (bicyclic) bond motifs is 3. The van der Waals surface area contributed by atoms with Crippen LogP contribution in [0.15, 0.2) is 33.7 Å².